The maximum absolute atomic E-state index is 11.3. The van der Waals surface area contributed by atoms with Crippen molar-refractivity contribution in [3.8, 4) is 0 Å². The SMILES string of the molecule is CCOC(=O)CC(C)NCC1(SC)CCC1. The topological polar surface area (TPSA) is 38.3 Å². The van der Waals surface area contributed by atoms with E-state index in [-0.39, 0.29) is 12.0 Å². The Labute approximate surface area is 103 Å². The van der Waals surface area contributed by atoms with Gasteiger partial charge in [0.05, 0.1) is 13.0 Å². The van der Waals surface area contributed by atoms with Crippen molar-refractivity contribution in [3.05, 3.63) is 0 Å². The second-order valence-electron chi connectivity index (χ2n) is 4.53. The Balaban J connectivity index is 2.19. The lowest BCUT2D eigenvalue weighted by Crippen LogP contribution is -2.46. The van der Waals surface area contributed by atoms with Crippen LogP contribution < -0.4 is 5.32 Å². The van der Waals surface area contributed by atoms with Crippen LogP contribution >= 0.6 is 11.8 Å². The summed E-state index contributed by atoms with van der Waals surface area (Å²) in [6, 6.07) is 0.212. The number of esters is 1. The molecule has 0 aromatic carbocycles. The number of carbonyl (C=O) groups is 1. The van der Waals surface area contributed by atoms with Gasteiger partial charge in [-0.05, 0) is 32.9 Å². The first-order valence-corrected chi connectivity index (χ1v) is 7.28. The number of thioether (sulfide) groups is 1. The molecule has 0 bridgehead atoms. The molecule has 0 aromatic rings. The zero-order valence-corrected chi connectivity index (χ0v) is 11.4. The molecule has 1 rings (SSSR count). The number of nitrogens with one attached hydrogen (secondary N) is 1. The molecule has 0 spiro atoms. The Bertz CT molecular complexity index is 224. The Morgan fingerprint density at radius 1 is 1.56 bits per heavy atom. The molecule has 0 radical (unpaired) electrons. The first-order valence-electron chi connectivity index (χ1n) is 6.06. The second-order valence-corrected chi connectivity index (χ2v) is 5.81. The minimum atomic E-state index is -0.102. The maximum atomic E-state index is 11.3. The fourth-order valence-electron chi connectivity index (χ4n) is 1.93. The largest absolute Gasteiger partial charge is 0.466 e. The molecule has 4 heteroatoms. The lowest BCUT2D eigenvalue weighted by molar-refractivity contribution is -0.143. The molecular weight excluding hydrogens is 222 g/mol. The molecule has 0 aromatic heterocycles. The van der Waals surface area contributed by atoms with Crippen LogP contribution in [0.4, 0.5) is 0 Å². The van der Waals surface area contributed by atoms with Gasteiger partial charge in [-0.15, -0.1) is 0 Å². The molecule has 1 unspecified atom stereocenters. The molecular formula is C12H23NO2S. The zero-order chi connectivity index (χ0) is 12.0. The highest BCUT2D eigenvalue weighted by molar-refractivity contribution is 8.00. The van der Waals surface area contributed by atoms with Gasteiger partial charge in [0.1, 0.15) is 0 Å². The smallest absolute Gasteiger partial charge is 0.307 e. The Hall–Kier alpha value is -0.220. The monoisotopic (exact) mass is 245 g/mol. The summed E-state index contributed by atoms with van der Waals surface area (Å²) in [5.74, 6) is -0.102. The van der Waals surface area contributed by atoms with Crippen LogP contribution in [0, 0.1) is 0 Å². The highest BCUT2D eigenvalue weighted by Gasteiger charge is 2.35. The first-order chi connectivity index (χ1) is 7.62. The third-order valence-corrected chi connectivity index (χ3v) is 4.67. The van der Waals surface area contributed by atoms with Gasteiger partial charge in [0.15, 0.2) is 0 Å². The number of carbonyl (C=O) groups excluding carboxylic acids is 1. The van der Waals surface area contributed by atoms with Gasteiger partial charge in [-0.1, -0.05) is 6.42 Å². The molecule has 1 saturated carbocycles. The van der Waals surface area contributed by atoms with Crippen LogP contribution in [0.15, 0.2) is 0 Å². The number of hydrogen-bond donors (Lipinski definition) is 1. The maximum Gasteiger partial charge on any atom is 0.307 e. The van der Waals surface area contributed by atoms with Crippen molar-refractivity contribution in [2.75, 3.05) is 19.4 Å². The van der Waals surface area contributed by atoms with Gasteiger partial charge in [-0.3, -0.25) is 4.79 Å². The summed E-state index contributed by atoms with van der Waals surface area (Å²) in [6.07, 6.45) is 6.59. The van der Waals surface area contributed by atoms with Crippen LogP contribution in [0.5, 0.6) is 0 Å². The molecule has 0 saturated heterocycles. The lowest BCUT2D eigenvalue weighted by atomic mass is 9.84. The van der Waals surface area contributed by atoms with Gasteiger partial charge in [-0.25, -0.2) is 0 Å². The molecule has 0 heterocycles. The summed E-state index contributed by atoms with van der Waals surface area (Å²) in [7, 11) is 0. The summed E-state index contributed by atoms with van der Waals surface area (Å²) >= 11 is 1.95. The molecule has 1 atom stereocenters. The number of rotatable bonds is 7. The van der Waals surface area contributed by atoms with Crippen molar-refractivity contribution in [2.45, 2.75) is 50.3 Å². The van der Waals surface area contributed by atoms with Crippen LogP contribution in [0.2, 0.25) is 0 Å². The van der Waals surface area contributed by atoms with Gasteiger partial charge in [-0.2, -0.15) is 11.8 Å². The van der Waals surface area contributed by atoms with Crippen molar-refractivity contribution in [3.63, 3.8) is 0 Å². The predicted octanol–water partition coefficient (Wildman–Crippen LogP) is 2.20. The normalized spacial score (nSPS) is 19.9. The van der Waals surface area contributed by atoms with E-state index in [1.54, 1.807) is 0 Å². The van der Waals surface area contributed by atoms with Crippen LogP contribution in [-0.4, -0.2) is 36.2 Å². The van der Waals surface area contributed by atoms with E-state index < -0.39 is 0 Å². The van der Waals surface area contributed by atoms with Crippen molar-refractivity contribution in [2.24, 2.45) is 0 Å². The van der Waals surface area contributed by atoms with E-state index in [1.165, 1.54) is 19.3 Å². The van der Waals surface area contributed by atoms with Crippen molar-refractivity contribution in [1.29, 1.82) is 0 Å². The molecule has 0 amide bonds. The third kappa shape index (κ3) is 3.98. The predicted molar refractivity (Wildman–Crippen MR) is 68.8 cm³/mol. The standard InChI is InChI=1S/C12H23NO2S/c1-4-15-11(14)8-10(2)13-9-12(16-3)6-5-7-12/h10,13H,4-9H2,1-3H3. The fourth-order valence-corrected chi connectivity index (χ4v) is 2.85. The van der Waals surface area contributed by atoms with E-state index >= 15 is 0 Å². The molecule has 3 nitrogen and oxygen atoms in total. The molecule has 1 aliphatic rings. The Morgan fingerprint density at radius 3 is 2.69 bits per heavy atom. The molecule has 94 valence electrons. The van der Waals surface area contributed by atoms with Crippen LogP contribution in [0.25, 0.3) is 0 Å². The lowest BCUT2D eigenvalue weighted by Gasteiger charge is -2.41. The van der Waals surface area contributed by atoms with Gasteiger partial charge in [0.2, 0.25) is 0 Å². The van der Waals surface area contributed by atoms with Gasteiger partial charge >= 0.3 is 5.97 Å². The average Bonchev–Trinajstić information content (AvgIpc) is 2.17. The molecule has 1 N–H and O–H groups in total. The van der Waals surface area contributed by atoms with Crippen molar-refractivity contribution >= 4 is 17.7 Å². The quantitative estimate of drug-likeness (QED) is 0.698. The Morgan fingerprint density at radius 2 is 2.25 bits per heavy atom. The highest BCUT2D eigenvalue weighted by atomic mass is 32.2. The van der Waals surface area contributed by atoms with Crippen molar-refractivity contribution < 1.29 is 9.53 Å². The summed E-state index contributed by atoms with van der Waals surface area (Å²) in [5.41, 5.74) is 0. The van der Waals surface area contributed by atoms with E-state index in [0.717, 1.165) is 6.54 Å². The van der Waals surface area contributed by atoms with Crippen LogP contribution in [0.3, 0.4) is 0 Å². The van der Waals surface area contributed by atoms with E-state index in [0.29, 0.717) is 17.8 Å². The van der Waals surface area contributed by atoms with Gasteiger partial charge < -0.3 is 10.1 Å². The van der Waals surface area contributed by atoms with Gasteiger partial charge in [0, 0.05) is 17.3 Å². The number of ether oxygens (including phenoxy) is 1. The highest BCUT2D eigenvalue weighted by Crippen LogP contribution is 2.42. The zero-order valence-electron chi connectivity index (χ0n) is 10.5. The van der Waals surface area contributed by atoms with Crippen LogP contribution in [-0.2, 0) is 9.53 Å². The summed E-state index contributed by atoms with van der Waals surface area (Å²) in [4.78, 5) is 11.3. The molecule has 1 fully saturated rings. The summed E-state index contributed by atoms with van der Waals surface area (Å²) < 4.78 is 5.36. The fraction of sp³-hybridized carbons (Fsp3) is 0.917. The minimum absolute atomic E-state index is 0.102. The number of hydrogen-bond acceptors (Lipinski definition) is 4. The first kappa shape index (κ1) is 13.8. The second kappa shape index (κ2) is 6.50. The third-order valence-electron chi connectivity index (χ3n) is 3.25. The van der Waals surface area contributed by atoms with E-state index in [1.807, 2.05) is 25.6 Å². The molecule has 16 heavy (non-hydrogen) atoms. The van der Waals surface area contributed by atoms with E-state index in [9.17, 15) is 4.79 Å². The minimum Gasteiger partial charge on any atom is -0.466 e. The molecule has 1 aliphatic carbocycles. The summed E-state index contributed by atoms with van der Waals surface area (Å²) in [6.45, 7) is 5.37. The molecule has 0 aliphatic heterocycles. The van der Waals surface area contributed by atoms with E-state index in [4.69, 9.17) is 4.74 Å². The van der Waals surface area contributed by atoms with Crippen molar-refractivity contribution in [1.82, 2.24) is 5.32 Å². The summed E-state index contributed by atoms with van der Waals surface area (Å²) in [5, 5.41) is 3.44. The van der Waals surface area contributed by atoms with Gasteiger partial charge in [0.25, 0.3) is 0 Å². The Kier molecular flexibility index (Phi) is 5.62. The van der Waals surface area contributed by atoms with Crippen LogP contribution in [0.1, 0.15) is 39.5 Å². The van der Waals surface area contributed by atoms with E-state index in [2.05, 4.69) is 11.6 Å². The average molecular weight is 245 g/mol.